The zero-order chi connectivity index (χ0) is 13.1. The number of hydrogen-bond donors (Lipinski definition) is 2. The fraction of sp³-hybridized carbons (Fsp3) is 0.188. The van der Waals surface area contributed by atoms with E-state index in [1.54, 1.807) is 0 Å². The number of rotatable bonds is 4. The van der Waals surface area contributed by atoms with Crippen LogP contribution < -0.4 is 10.3 Å². The molecule has 0 saturated heterocycles. The van der Waals surface area contributed by atoms with Crippen LogP contribution in [0, 0.1) is 0 Å². The Morgan fingerprint density at radius 2 is 1.47 bits per heavy atom. The molecule has 1 aromatic heterocycles. The molecule has 0 aliphatic carbocycles. The maximum absolute atomic E-state index is 8.92. The van der Waals surface area contributed by atoms with Crippen LogP contribution in [0.5, 0.6) is 0 Å². The summed E-state index contributed by atoms with van der Waals surface area (Å²) in [6, 6.07) is 16.5. The molecule has 0 bridgehead atoms. The van der Waals surface area contributed by atoms with Gasteiger partial charge in [0.1, 0.15) is 0 Å². The first-order chi connectivity index (χ1) is 9.40. The number of nitrogens with one attached hydrogen (secondary N) is 2. The third kappa shape index (κ3) is 2.25. The SMILES string of the molecule is OCCCNc1c2ccccc2[nH+]c2ccccc12. The van der Waals surface area contributed by atoms with Crippen molar-refractivity contribution in [1.29, 1.82) is 0 Å². The topological polar surface area (TPSA) is 46.4 Å². The molecule has 0 saturated carbocycles. The van der Waals surface area contributed by atoms with Crippen LogP contribution in [-0.4, -0.2) is 18.3 Å². The minimum Gasteiger partial charge on any atom is -0.396 e. The molecule has 0 aliphatic rings. The maximum Gasteiger partial charge on any atom is 0.213 e. The minimum atomic E-state index is 0.210. The van der Waals surface area contributed by atoms with Crippen molar-refractivity contribution in [2.45, 2.75) is 6.42 Å². The molecule has 0 aliphatic heterocycles. The van der Waals surface area contributed by atoms with Gasteiger partial charge in [-0.2, -0.15) is 0 Å². The standard InChI is InChI=1S/C16H16N2O/c19-11-5-10-17-16-12-6-1-3-8-14(12)18-15-9-4-2-7-13(15)16/h1-4,6-9,19H,5,10-11H2,(H,17,18)/p+1. The minimum absolute atomic E-state index is 0.210. The van der Waals surface area contributed by atoms with E-state index in [0.717, 1.165) is 29.7 Å². The molecule has 0 fully saturated rings. The molecule has 2 aromatic carbocycles. The number of pyridine rings is 1. The molecule has 0 spiro atoms. The Morgan fingerprint density at radius 1 is 0.895 bits per heavy atom. The fourth-order valence-corrected chi connectivity index (χ4v) is 2.39. The van der Waals surface area contributed by atoms with Crippen molar-refractivity contribution in [1.82, 2.24) is 0 Å². The second-order valence-corrected chi connectivity index (χ2v) is 4.60. The highest BCUT2D eigenvalue weighted by atomic mass is 16.3. The molecule has 3 aromatic rings. The van der Waals surface area contributed by atoms with E-state index in [0.29, 0.717) is 0 Å². The van der Waals surface area contributed by atoms with Gasteiger partial charge in [-0.25, -0.2) is 4.98 Å². The van der Waals surface area contributed by atoms with E-state index in [2.05, 4.69) is 34.6 Å². The number of H-pyrrole nitrogens is 1. The van der Waals surface area contributed by atoms with Crippen molar-refractivity contribution >= 4 is 27.5 Å². The van der Waals surface area contributed by atoms with Gasteiger partial charge in [-0.05, 0) is 18.6 Å². The smallest absolute Gasteiger partial charge is 0.213 e. The third-order valence-corrected chi connectivity index (χ3v) is 3.30. The Morgan fingerprint density at radius 3 is 2.05 bits per heavy atom. The summed E-state index contributed by atoms with van der Waals surface area (Å²) >= 11 is 0. The van der Waals surface area contributed by atoms with E-state index in [-0.39, 0.29) is 6.61 Å². The lowest BCUT2D eigenvalue weighted by molar-refractivity contribution is -0.310. The van der Waals surface area contributed by atoms with Gasteiger partial charge < -0.3 is 10.4 Å². The Hall–Kier alpha value is -2.13. The summed E-state index contributed by atoms with van der Waals surface area (Å²) in [5.74, 6) is 0. The number of fused-ring (bicyclic) bond motifs is 2. The van der Waals surface area contributed by atoms with Gasteiger partial charge in [-0.3, -0.25) is 0 Å². The average molecular weight is 253 g/mol. The highest BCUT2D eigenvalue weighted by Crippen LogP contribution is 2.28. The molecule has 3 nitrogen and oxygen atoms in total. The first-order valence-corrected chi connectivity index (χ1v) is 6.57. The number of aromatic amines is 1. The molecule has 0 amide bonds. The van der Waals surface area contributed by atoms with Gasteiger partial charge in [-0.1, -0.05) is 24.3 Å². The van der Waals surface area contributed by atoms with Crippen LogP contribution in [0.4, 0.5) is 5.69 Å². The Kier molecular flexibility index (Phi) is 3.29. The predicted octanol–water partition coefficient (Wildman–Crippen LogP) is 2.60. The van der Waals surface area contributed by atoms with E-state index in [9.17, 15) is 0 Å². The molecule has 0 radical (unpaired) electrons. The molecule has 3 N–H and O–H groups in total. The lowest BCUT2D eigenvalue weighted by atomic mass is 10.1. The average Bonchev–Trinajstić information content (AvgIpc) is 2.46. The van der Waals surface area contributed by atoms with Crippen molar-refractivity contribution in [3.8, 4) is 0 Å². The van der Waals surface area contributed by atoms with Gasteiger partial charge in [0.2, 0.25) is 11.0 Å². The number of aliphatic hydroxyl groups is 1. The monoisotopic (exact) mass is 253 g/mol. The summed E-state index contributed by atoms with van der Waals surface area (Å²) in [6.45, 7) is 0.982. The number of anilines is 1. The summed E-state index contributed by atoms with van der Waals surface area (Å²) in [5, 5.41) is 14.7. The lowest BCUT2D eigenvalue weighted by Crippen LogP contribution is -2.10. The van der Waals surface area contributed by atoms with E-state index < -0.39 is 0 Å². The summed E-state index contributed by atoms with van der Waals surface area (Å²) in [5.41, 5.74) is 3.37. The second kappa shape index (κ2) is 5.24. The van der Waals surface area contributed by atoms with Crippen molar-refractivity contribution < 1.29 is 10.1 Å². The molecular weight excluding hydrogens is 236 g/mol. The zero-order valence-electron chi connectivity index (χ0n) is 10.7. The molecule has 0 atom stereocenters. The van der Waals surface area contributed by atoms with Crippen LogP contribution in [0.1, 0.15) is 6.42 Å². The van der Waals surface area contributed by atoms with Crippen LogP contribution in [0.25, 0.3) is 21.8 Å². The summed E-state index contributed by atoms with van der Waals surface area (Å²) < 4.78 is 0. The van der Waals surface area contributed by atoms with Crippen LogP contribution in [0.15, 0.2) is 48.5 Å². The maximum atomic E-state index is 8.92. The van der Waals surface area contributed by atoms with Crippen LogP contribution in [0.3, 0.4) is 0 Å². The van der Waals surface area contributed by atoms with Gasteiger partial charge >= 0.3 is 0 Å². The summed E-state index contributed by atoms with van der Waals surface area (Å²) in [4.78, 5) is 3.45. The molecule has 1 heterocycles. The third-order valence-electron chi connectivity index (χ3n) is 3.30. The van der Waals surface area contributed by atoms with Crippen molar-refractivity contribution in [3.63, 3.8) is 0 Å². The summed E-state index contributed by atoms with van der Waals surface area (Å²) in [7, 11) is 0. The molecular formula is C16H17N2O+. The van der Waals surface area contributed by atoms with Crippen LogP contribution in [-0.2, 0) is 0 Å². The number of aliphatic hydroxyl groups excluding tert-OH is 1. The molecule has 3 heteroatoms. The highest BCUT2D eigenvalue weighted by molar-refractivity contribution is 6.04. The van der Waals surface area contributed by atoms with E-state index in [4.69, 9.17) is 5.11 Å². The Balaban J connectivity index is 2.21. The second-order valence-electron chi connectivity index (χ2n) is 4.60. The molecule has 96 valence electrons. The van der Waals surface area contributed by atoms with Crippen LogP contribution >= 0.6 is 0 Å². The number of hydrogen-bond acceptors (Lipinski definition) is 2. The number of benzene rings is 2. The zero-order valence-corrected chi connectivity index (χ0v) is 10.7. The summed E-state index contributed by atoms with van der Waals surface area (Å²) in [6.07, 6.45) is 0.751. The highest BCUT2D eigenvalue weighted by Gasteiger charge is 2.12. The lowest BCUT2D eigenvalue weighted by Gasteiger charge is -2.09. The van der Waals surface area contributed by atoms with Gasteiger partial charge in [0.25, 0.3) is 0 Å². The van der Waals surface area contributed by atoms with Gasteiger partial charge in [0.15, 0.2) is 0 Å². The van der Waals surface area contributed by atoms with Crippen molar-refractivity contribution in [3.05, 3.63) is 48.5 Å². The van der Waals surface area contributed by atoms with Crippen molar-refractivity contribution in [2.75, 3.05) is 18.5 Å². The first-order valence-electron chi connectivity index (χ1n) is 6.57. The normalized spacial score (nSPS) is 11.0. The van der Waals surface area contributed by atoms with Gasteiger partial charge in [-0.15, -0.1) is 0 Å². The molecule has 3 rings (SSSR count). The number of aromatic nitrogens is 1. The quantitative estimate of drug-likeness (QED) is 0.554. The molecule has 0 unspecified atom stereocenters. The van der Waals surface area contributed by atoms with Crippen LogP contribution in [0.2, 0.25) is 0 Å². The Bertz CT molecular complexity index is 655. The fourth-order valence-electron chi connectivity index (χ4n) is 2.39. The molecule has 19 heavy (non-hydrogen) atoms. The number of para-hydroxylation sites is 2. The van der Waals surface area contributed by atoms with Gasteiger partial charge in [0.05, 0.1) is 16.5 Å². The Labute approximate surface area is 111 Å². The van der Waals surface area contributed by atoms with E-state index in [1.807, 2.05) is 24.3 Å². The predicted molar refractivity (Wildman–Crippen MR) is 78.2 cm³/mol. The largest absolute Gasteiger partial charge is 0.396 e. The van der Waals surface area contributed by atoms with Gasteiger partial charge in [0, 0.05) is 25.3 Å². The van der Waals surface area contributed by atoms with E-state index in [1.165, 1.54) is 10.8 Å². The first kappa shape index (κ1) is 11.9. The van der Waals surface area contributed by atoms with E-state index >= 15 is 0 Å². The van der Waals surface area contributed by atoms with Crippen molar-refractivity contribution in [2.24, 2.45) is 0 Å².